The molecule has 0 aromatic carbocycles. The quantitative estimate of drug-likeness (QED) is 0.288. The Balaban J connectivity index is 0. The van der Waals surface area contributed by atoms with Crippen LogP contribution in [0.1, 0.15) is 111 Å². The fraction of sp³-hybridized carbons (Fsp3) is 0.950. The monoisotopic (exact) mass is 345 g/mol. The van der Waals surface area contributed by atoms with Gasteiger partial charge in [-0.25, -0.2) is 0 Å². The molecule has 0 aliphatic carbocycles. The number of carboxylic acids is 1. The van der Waals surface area contributed by atoms with E-state index in [4.69, 9.17) is 15.6 Å². The van der Waals surface area contributed by atoms with Crippen LogP contribution < -0.4 is 5.73 Å². The largest absolute Gasteiger partial charge is 0.481 e. The van der Waals surface area contributed by atoms with Crippen molar-refractivity contribution < 1.29 is 15.0 Å². The maximum Gasteiger partial charge on any atom is 0.300 e. The summed E-state index contributed by atoms with van der Waals surface area (Å²) in [5.41, 5.74) is 4.67. The minimum atomic E-state index is -1.00. The predicted molar refractivity (Wildman–Crippen MR) is 103 cm³/mol. The molecule has 0 bridgehead atoms. The molecule has 4 heteroatoms. The number of rotatable bonds is 14. The van der Waals surface area contributed by atoms with Crippen LogP contribution in [0.3, 0.4) is 0 Å². The third-order valence-electron chi connectivity index (χ3n) is 4.49. The average molecular weight is 346 g/mol. The van der Waals surface area contributed by atoms with Gasteiger partial charge < -0.3 is 15.9 Å². The first kappa shape index (κ1) is 25.6. The lowest BCUT2D eigenvalue weighted by atomic mass is 9.93. The molecule has 0 rings (SSSR count). The Kier molecular flexibility index (Phi) is 18.4. The van der Waals surface area contributed by atoms with Crippen molar-refractivity contribution in [2.45, 2.75) is 117 Å². The average Bonchev–Trinajstić information content (AvgIpc) is 2.46. The third kappa shape index (κ3) is 23.7. The van der Waals surface area contributed by atoms with E-state index < -0.39 is 11.7 Å². The molecule has 146 valence electrons. The first-order chi connectivity index (χ1) is 11.2. The smallest absolute Gasteiger partial charge is 0.300 e. The van der Waals surface area contributed by atoms with E-state index in [2.05, 4.69) is 6.92 Å². The number of carbonyl (C=O) groups is 1. The number of aliphatic hydroxyl groups is 1. The molecule has 0 aromatic heterocycles. The molecule has 4 N–H and O–H groups in total. The Morgan fingerprint density at radius 3 is 1.50 bits per heavy atom. The zero-order valence-corrected chi connectivity index (χ0v) is 16.6. The molecule has 0 saturated carbocycles. The number of aliphatic carboxylic acids is 1. The van der Waals surface area contributed by atoms with Crippen LogP contribution in [0.15, 0.2) is 0 Å². The normalized spacial score (nSPS) is 14.4. The summed E-state index contributed by atoms with van der Waals surface area (Å²) in [4.78, 5) is 9.00. The highest BCUT2D eigenvalue weighted by atomic mass is 16.4. The molecule has 0 aliphatic heterocycles. The first-order valence-corrected chi connectivity index (χ1v) is 9.92. The zero-order chi connectivity index (χ0) is 18.8. The molecular formula is C20H43NO3. The molecule has 0 aromatic rings. The van der Waals surface area contributed by atoms with Crippen molar-refractivity contribution in [1.29, 1.82) is 0 Å². The molecule has 0 aliphatic rings. The molecular weight excluding hydrogens is 302 g/mol. The van der Waals surface area contributed by atoms with E-state index in [1.165, 1.54) is 77.0 Å². The van der Waals surface area contributed by atoms with Gasteiger partial charge in [-0.15, -0.1) is 0 Å². The van der Waals surface area contributed by atoms with Gasteiger partial charge in [0.05, 0.1) is 0 Å². The lowest BCUT2D eigenvalue weighted by Gasteiger charge is -2.25. The number of nitrogens with two attached hydrogens (primary N) is 1. The third-order valence-corrected chi connectivity index (χ3v) is 4.49. The summed E-state index contributed by atoms with van der Waals surface area (Å²) in [5.74, 6) is -0.634. The van der Waals surface area contributed by atoms with Crippen LogP contribution in [0, 0.1) is 5.92 Å². The lowest BCUT2D eigenvalue weighted by Crippen LogP contribution is -2.42. The standard InChI is InChI=1S/C18H39NO.C2H4O2/c1-4-5-6-7-8-9-10-11-12-13-14-15-16-17(2)18(3,19)20;1-2(3)4/h17,20H,4-16,19H2,1-3H3;1H3,(H,3,4). The minimum absolute atomic E-state index is 0.200. The summed E-state index contributed by atoms with van der Waals surface area (Å²) in [6.45, 7) is 7.10. The van der Waals surface area contributed by atoms with E-state index in [9.17, 15) is 5.11 Å². The Bertz CT molecular complexity index is 271. The van der Waals surface area contributed by atoms with Gasteiger partial charge >= 0.3 is 0 Å². The Morgan fingerprint density at radius 2 is 1.21 bits per heavy atom. The molecule has 2 atom stereocenters. The molecule has 0 heterocycles. The van der Waals surface area contributed by atoms with Crippen molar-refractivity contribution >= 4 is 5.97 Å². The predicted octanol–water partition coefficient (Wildman–Crippen LogP) is 5.47. The second kappa shape index (κ2) is 17.2. The summed E-state index contributed by atoms with van der Waals surface area (Å²) in [6.07, 6.45) is 17.6. The van der Waals surface area contributed by atoms with Crippen LogP contribution in [0.25, 0.3) is 0 Å². The number of unbranched alkanes of at least 4 members (excludes halogenated alkanes) is 11. The van der Waals surface area contributed by atoms with Crippen LogP contribution in [0.5, 0.6) is 0 Å². The van der Waals surface area contributed by atoms with Crippen LogP contribution in [-0.2, 0) is 4.79 Å². The first-order valence-electron chi connectivity index (χ1n) is 9.92. The lowest BCUT2D eigenvalue weighted by molar-refractivity contribution is -0.134. The summed E-state index contributed by atoms with van der Waals surface area (Å²) >= 11 is 0. The van der Waals surface area contributed by atoms with Crippen molar-refractivity contribution in [3.05, 3.63) is 0 Å². The highest BCUT2D eigenvalue weighted by Crippen LogP contribution is 2.19. The highest BCUT2D eigenvalue weighted by molar-refractivity contribution is 5.62. The van der Waals surface area contributed by atoms with Gasteiger partial charge in [0.15, 0.2) is 0 Å². The molecule has 0 fully saturated rings. The van der Waals surface area contributed by atoms with E-state index in [-0.39, 0.29) is 5.92 Å². The van der Waals surface area contributed by atoms with Gasteiger partial charge in [0.25, 0.3) is 5.97 Å². The summed E-state index contributed by atoms with van der Waals surface area (Å²) in [7, 11) is 0. The number of hydrogen-bond donors (Lipinski definition) is 3. The van der Waals surface area contributed by atoms with Crippen molar-refractivity contribution in [3.8, 4) is 0 Å². The van der Waals surface area contributed by atoms with Crippen molar-refractivity contribution in [3.63, 3.8) is 0 Å². The molecule has 0 radical (unpaired) electrons. The summed E-state index contributed by atoms with van der Waals surface area (Å²) in [6, 6.07) is 0. The summed E-state index contributed by atoms with van der Waals surface area (Å²) in [5, 5.41) is 17.1. The second-order valence-electron chi connectivity index (χ2n) is 7.32. The van der Waals surface area contributed by atoms with Crippen LogP contribution in [-0.4, -0.2) is 21.9 Å². The van der Waals surface area contributed by atoms with Crippen LogP contribution in [0.2, 0.25) is 0 Å². The number of carboxylic acid groups (broad SMARTS) is 1. The maximum absolute atomic E-state index is 9.64. The second-order valence-corrected chi connectivity index (χ2v) is 7.32. The van der Waals surface area contributed by atoms with Crippen molar-refractivity contribution in [2.24, 2.45) is 11.7 Å². The van der Waals surface area contributed by atoms with Gasteiger partial charge in [-0.3, -0.25) is 4.79 Å². The SMILES string of the molecule is CC(=O)O.CCCCCCCCCCCCCCC(C)C(C)(N)O. The highest BCUT2D eigenvalue weighted by Gasteiger charge is 2.21. The Labute approximate surface area is 150 Å². The minimum Gasteiger partial charge on any atom is -0.481 e. The topological polar surface area (TPSA) is 83.5 Å². The van der Waals surface area contributed by atoms with Gasteiger partial charge in [0.1, 0.15) is 5.72 Å². The van der Waals surface area contributed by atoms with Crippen molar-refractivity contribution in [2.75, 3.05) is 0 Å². The molecule has 4 nitrogen and oxygen atoms in total. The molecule has 24 heavy (non-hydrogen) atoms. The fourth-order valence-corrected chi connectivity index (χ4v) is 2.58. The molecule has 0 saturated heterocycles. The summed E-state index contributed by atoms with van der Waals surface area (Å²) < 4.78 is 0. The van der Waals surface area contributed by atoms with Gasteiger partial charge in [-0.1, -0.05) is 90.9 Å². The molecule has 2 unspecified atom stereocenters. The van der Waals surface area contributed by atoms with Gasteiger partial charge in [0.2, 0.25) is 0 Å². The van der Waals surface area contributed by atoms with Crippen LogP contribution in [0.4, 0.5) is 0 Å². The molecule has 0 spiro atoms. The zero-order valence-electron chi connectivity index (χ0n) is 16.6. The molecule has 0 amide bonds. The van der Waals surface area contributed by atoms with Gasteiger partial charge in [0, 0.05) is 6.92 Å². The van der Waals surface area contributed by atoms with E-state index in [1.807, 2.05) is 6.92 Å². The Hall–Kier alpha value is -0.610. The van der Waals surface area contributed by atoms with E-state index in [1.54, 1.807) is 6.92 Å². The fourth-order valence-electron chi connectivity index (χ4n) is 2.58. The van der Waals surface area contributed by atoms with E-state index >= 15 is 0 Å². The van der Waals surface area contributed by atoms with E-state index in [0.717, 1.165) is 13.3 Å². The van der Waals surface area contributed by atoms with Crippen molar-refractivity contribution in [1.82, 2.24) is 0 Å². The maximum atomic E-state index is 9.64. The Morgan fingerprint density at radius 1 is 0.917 bits per heavy atom. The number of hydrogen-bond acceptors (Lipinski definition) is 3. The van der Waals surface area contributed by atoms with Gasteiger partial charge in [-0.2, -0.15) is 0 Å². The van der Waals surface area contributed by atoms with Crippen LogP contribution >= 0.6 is 0 Å². The van der Waals surface area contributed by atoms with Gasteiger partial charge in [-0.05, 0) is 19.3 Å². The van der Waals surface area contributed by atoms with E-state index in [0.29, 0.717) is 0 Å².